The minimum Gasteiger partial charge on any atom is -0.325 e. The number of nitrogens with one attached hydrogen (secondary N) is 1. The molecule has 1 atom stereocenters. The summed E-state index contributed by atoms with van der Waals surface area (Å²) in [6.07, 6.45) is 8.40. The van der Waals surface area contributed by atoms with Crippen molar-refractivity contribution in [2.24, 2.45) is 5.73 Å². The van der Waals surface area contributed by atoms with E-state index in [1.807, 2.05) is 6.20 Å². The van der Waals surface area contributed by atoms with Crippen LogP contribution < -0.4 is 5.73 Å². The van der Waals surface area contributed by atoms with Crippen molar-refractivity contribution < 1.29 is 0 Å². The van der Waals surface area contributed by atoms with Crippen LogP contribution in [0.15, 0.2) is 24.4 Å². The van der Waals surface area contributed by atoms with Crippen LogP contribution in [0.5, 0.6) is 0 Å². The van der Waals surface area contributed by atoms with Gasteiger partial charge < -0.3 is 5.73 Å². The molecule has 3 N–H and O–H groups in total. The first-order valence-corrected chi connectivity index (χ1v) is 7.03. The van der Waals surface area contributed by atoms with E-state index in [2.05, 4.69) is 42.3 Å². The van der Waals surface area contributed by atoms with Gasteiger partial charge in [0, 0.05) is 10.9 Å². The Balaban J connectivity index is 1.98. The highest BCUT2D eigenvalue weighted by Gasteiger charge is 2.26. The third kappa shape index (κ3) is 2.19. The summed E-state index contributed by atoms with van der Waals surface area (Å²) in [6, 6.07) is 4.43. The fourth-order valence-corrected chi connectivity index (χ4v) is 2.93. The van der Waals surface area contributed by atoms with E-state index in [9.17, 15) is 0 Å². The Morgan fingerprint density at radius 1 is 1.42 bits per heavy atom. The van der Waals surface area contributed by atoms with Gasteiger partial charge in [0.25, 0.3) is 0 Å². The molecule has 19 heavy (non-hydrogen) atoms. The maximum absolute atomic E-state index is 6.35. The van der Waals surface area contributed by atoms with Crippen LogP contribution in [0.1, 0.15) is 43.7 Å². The molecule has 0 fully saturated rings. The van der Waals surface area contributed by atoms with Crippen LogP contribution in [-0.4, -0.2) is 15.7 Å². The fourth-order valence-electron chi connectivity index (χ4n) is 2.93. The lowest BCUT2D eigenvalue weighted by molar-refractivity contribution is 0.379. The Morgan fingerprint density at radius 3 is 2.95 bits per heavy atom. The van der Waals surface area contributed by atoms with Crippen molar-refractivity contribution >= 4 is 16.5 Å². The van der Waals surface area contributed by atoms with Gasteiger partial charge in [-0.3, -0.25) is 5.10 Å². The molecule has 0 aliphatic heterocycles. The van der Waals surface area contributed by atoms with Gasteiger partial charge in [-0.15, -0.1) is 0 Å². The van der Waals surface area contributed by atoms with E-state index in [0.29, 0.717) is 0 Å². The number of H-pyrrole nitrogens is 1. The maximum atomic E-state index is 6.35. The first kappa shape index (κ1) is 12.4. The van der Waals surface area contributed by atoms with Gasteiger partial charge in [0.05, 0.1) is 11.7 Å². The Morgan fingerprint density at radius 2 is 2.26 bits per heavy atom. The fraction of sp³-hybridized carbons (Fsp3) is 0.438. The molecule has 1 unspecified atom stereocenters. The summed E-state index contributed by atoms with van der Waals surface area (Å²) in [5.74, 6) is 0. The van der Waals surface area contributed by atoms with Crippen molar-refractivity contribution in [2.45, 2.75) is 45.1 Å². The van der Waals surface area contributed by atoms with Crippen LogP contribution >= 0.6 is 0 Å². The largest absolute Gasteiger partial charge is 0.325 e. The molecule has 3 nitrogen and oxygen atoms in total. The lowest BCUT2D eigenvalue weighted by Crippen LogP contribution is -2.40. The number of benzene rings is 1. The molecule has 3 rings (SSSR count). The number of rotatable bonds is 2. The summed E-state index contributed by atoms with van der Waals surface area (Å²) in [5, 5.41) is 8.33. The third-order valence-electron chi connectivity index (χ3n) is 4.48. The summed E-state index contributed by atoms with van der Waals surface area (Å²) >= 11 is 0. The van der Waals surface area contributed by atoms with E-state index in [0.717, 1.165) is 31.2 Å². The molecule has 0 amide bonds. The summed E-state index contributed by atoms with van der Waals surface area (Å²) in [4.78, 5) is 0. The minimum atomic E-state index is 0.00942. The van der Waals surface area contributed by atoms with Crippen molar-refractivity contribution in [1.82, 2.24) is 10.2 Å². The van der Waals surface area contributed by atoms with Gasteiger partial charge in [0.2, 0.25) is 0 Å². The second-order valence-corrected chi connectivity index (χ2v) is 5.77. The first-order chi connectivity index (χ1) is 9.11. The molecule has 0 spiro atoms. The Bertz CT molecular complexity index is 638. The monoisotopic (exact) mass is 255 g/mol. The Kier molecular flexibility index (Phi) is 2.94. The molecule has 1 aromatic carbocycles. The smallest absolute Gasteiger partial charge is 0.0656 e. The van der Waals surface area contributed by atoms with Crippen LogP contribution in [-0.2, 0) is 0 Å². The van der Waals surface area contributed by atoms with Crippen LogP contribution in [0.2, 0.25) is 0 Å². The molecule has 100 valence electrons. The van der Waals surface area contributed by atoms with Crippen molar-refractivity contribution in [3.63, 3.8) is 0 Å². The van der Waals surface area contributed by atoms with Crippen molar-refractivity contribution in [3.8, 4) is 0 Å². The summed E-state index contributed by atoms with van der Waals surface area (Å²) < 4.78 is 0. The summed E-state index contributed by atoms with van der Waals surface area (Å²) in [5.41, 5.74) is 11.6. The number of nitrogens with zero attached hydrogens (tertiary/aromatic N) is 1. The second kappa shape index (κ2) is 4.49. The zero-order valence-electron chi connectivity index (χ0n) is 11.7. The zero-order chi connectivity index (χ0) is 13.5. The van der Waals surface area contributed by atoms with Crippen LogP contribution in [0.3, 0.4) is 0 Å². The van der Waals surface area contributed by atoms with Gasteiger partial charge in [0.1, 0.15) is 0 Å². The number of allylic oxidation sites excluding steroid dienone is 1. The highest BCUT2D eigenvalue weighted by molar-refractivity contribution is 5.84. The highest BCUT2D eigenvalue weighted by Crippen LogP contribution is 2.35. The standard InChI is InChI=1S/C16H21N3/c1-3-16(17)6-4-12(5-7-16)14-9-15-13(8-11(14)2)10-18-19-15/h4,8-10H,3,5-7,17H2,1-2H3,(H,18,19). The van der Waals surface area contributed by atoms with Gasteiger partial charge in [0.15, 0.2) is 0 Å². The highest BCUT2D eigenvalue weighted by atomic mass is 15.1. The number of aromatic nitrogens is 2. The zero-order valence-corrected chi connectivity index (χ0v) is 11.7. The Labute approximate surface area is 113 Å². The van der Waals surface area contributed by atoms with E-state index in [-0.39, 0.29) is 5.54 Å². The minimum absolute atomic E-state index is 0.00942. The third-order valence-corrected chi connectivity index (χ3v) is 4.48. The molecule has 2 aromatic rings. The number of hydrogen-bond acceptors (Lipinski definition) is 2. The number of aryl methyl sites for hydroxylation is 1. The average Bonchev–Trinajstić information content (AvgIpc) is 2.86. The topological polar surface area (TPSA) is 54.7 Å². The normalized spacial score (nSPS) is 23.6. The predicted octanol–water partition coefficient (Wildman–Crippen LogP) is 3.55. The SMILES string of the molecule is CCC1(N)CC=C(c2cc3[nH]ncc3cc2C)CC1. The van der Waals surface area contributed by atoms with Crippen molar-refractivity contribution in [1.29, 1.82) is 0 Å². The molecule has 0 saturated carbocycles. The van der Waals surface area contributed by atoms with Gasteiger partial charge in [-0.1, -0.05) is 13.0 Å². The number of hydrogen-bond donors (Lipinski definition) is 2. The molecule has 1 aliphatic rings. The molecular weight excluding hydrogens is 234 g/mol. The lowest BCUT2D eigenvalue weighted by atomic mass is 9.79. The van der Waals surface area contributed by atoms with Crippen LogP contribution in [0.4, 0.5) is 0 Å². The molecule has 1 aromatic heterocycles. The van der Waals surface area contributed by atoms with Crippen LogP contribution in [0, 0.1) is 6.92 Å². The van der Waals surface area contributed by atoms with E-state index < -0.39 is 0 Å². The summed E-state index contributed by atoms with van der Waals surface area (Å²) in [7, 11) is 0. The molecule has 0 bridgehead atoms. The van der Waals surface area contributed by atoms with Gasteiger partial charge in [-0.05, 0) is 61.4 Å². The van der Waals surface area contributed by atoms with E-state index in [4.69, 9.17) is 5.73 Å². The lowest BCUT2D eigenvalue weighted by Gasteiger charge is -2.32. The van der Waals surface area contributed by atoms with Gasteiger partial charge >= 0.3 is 0 Å². The number of fused-ring (bicyclic) bond motifs is 1. The van der Waals surface area contributed by atoms with Crippen LogP contribution in [0.25, 0.3) is 16.5 Å². The average molecular weight is 255 g/mol. The molecular formula is C16H21N3. The Hall–Kier alpha value is -1.61. The second-order valence-electron chi connectivity index (χ2n) is 5.77. The van der Waals surface area contributed by atoms with E-state index >= 15 is 0 Å². The number of nitrogens with two attached hydrogens (primary N) is 1. The predicted molar refractivity (Wildman–Crippen MR) is 79.9 cm³/mol. The molecule has 0 saturated heterocycles. The van der Waals surface area contributed by atoms with E-state index in [1.165, 1.54) is 22.1 Å². The van der Waals surface area contributed by atoms with E-state index in [1.54, 1.807) is 0 Å². The maximum Gasteiger partial charge on any atom is 0.0656 e. The molecule has 1 aliphatic carbocycles. The summed E-state index contributed by atoms with van der Waals surface area (Å²) in [6.45, 7) is 4.35. The van der Waals surface area contributed by atoms with Gasteiger partial charge in [-0.25, -0.2) is 0 Å². The van der Waals surface area contributed by atoms with Crippen molar-refractivity contribution in [2.75, 3.05) is 0 Å². The first-order valence-electron chi connectivity index (χ1n) is 7.03. The van der Waals surface area contributed by atoms with Crippen molar-refractivity contribution in [3.05, 3.63) is 35.5 Å². The molecule has 0 radical (unpaired) electrons. The van der Waals surface area contributed by atoms with Gasteiger partial charge in [-0.2, -0.15) is 5.10 Å². The number of aromatic amines is 1. The molecule has 1 heterocycles. The molecule has 3 heteroatoms. The quantitative estimate of drug-likeness (QED) is 0.862.